The summed E-state index contributed by atoms with van der Waals surface area (Å²) >= 11 is 0. The van der Waals surface area contributed by atoms with Gasteiger partial charge in [-0.3, -0.25) is 14.3 Å². The molecule has 2 aromatic carbocycles. The molecule has 3 heterocycles. The van der Waals surface area contributed by atoms with E-state index in [2.05, 4.69) is 107 Å². The molecule has 3 aromatic rings. The van der Waals surface area contributed by atoms with Crippen molar-refractivity contribution in [1.82, 2.24) is 9.55 Å². The number of hydrogen-bond donors (Lipinski definition) is 2. The van der Waals surface area contributed by atoms with Gasteiger partial charge in [0.2, 0.25) is 0 Å². The number of hydrogen-bond acceptors (Lipinski definition) is 8. The molecule has 0 radical (unpaired) electrons. The number of fused-ring (bicyclic) bond motifs is 2. The Hall–Kier alpha value is -2.63. The average molecular weight is 783 g/mol. The number of aromatic nitrogens is 2. The Labute approximate surface area is 318 Å². The summed E-state index contributed by atoms with van der Waals surface area (Å²) in [5.41, 5.74) is -2.62. The Kier molecular flexibility index (Phi) is 10.8. The Bertz CT molecular complexity index is 1890. The minimum atomic E-state index is -2.54. The molecule has 10 nitrogen and oxygen atoms in total. The molecular formula is C40H62N2O8Si3. The molecule has 0 aliphatic carbocycles. The molecule has 1 aromatic heterocycles. The number of H-pyrrole nitrogens is 1. The second kappa shape index (κ2) is 13.8. The van der Waals surface area contributed by atoms with E-state index in [0.717, 1.165) is 0 Å². The van der Waals surface area contributed by atoms with E-state index >= 15 is 0 Å². The zero-order valence-corrected chi connectivity index (χ0v) is 37.5. The zero-order valence-electron chi connectivity index (χ0n) is 34.5. The van der Waals surface area contributed by atoms with Gasteiger partial charge in [-0.2, -0.15) is 0 Å². The zero-order chi connectivity index (χ0) is 39.7. The van der Waals surface area contributed by atoms with Crippen molar-refractivity contribution in [2.45, 2.75) is 147 Å². The van der Waals surface area contributed by atoms with Crippen LogP contribution in [0.15, 0.2) is 64.3 Å². The van der Waals surface area contributed by atoms with Gasteiger partial charge in [-0.25, -0.2) is 4.79 Å². The van der Waals surface area contributed by atoms with Crippen molar-refractivity contribution in [2.24, 2.45) is 0 Å². The molecule has 2 N–H and O–H groups in total. The van der Waals surface area contributed by atoms with E-state index in [1.54, 1.807) is 36.4 Å². The predicted octanol–water partition coefficient (Wildman–Crippen LogP) is 8.63. The van der Waals surface area contributed by atoms with Gasteiger partial charge >= 0.3 is 5.69 Å². The lowest BCUT2D eigenvalue weighted by Crippen LogP contribution is -2.55. The van der Waals surface area contributed by atoms with Crippen LogP contribution in [0.4, 0.5) is 0 Å². The lowest BCUT2D eigenvalue weighted by molar-refractivity contribution is -0.0515. The molecule has 0 saturated carbocycles. The molecule has 4 atom stereocenters. The van der Waals surface area contributed by atoms with Crippen LogP contribution in [0.2, 0.25) is 54.4 Å². The van der Waals surface area contributed by atoms with Crippen molar-refractivity contribution in [3.63, 3.8) is 0 Å². The van der Waals surface area contributed by atoms with Crippen LogP contribution in [0.3, 0.4) is 0 Å². The van der Waals surface area contributed by atoms with Crippen molar-refractivity contribution < 1.29 is 27.9 Å². The quantitative estimate of drug-likeness (QED) is 0.207. The Morgan fingerprint density at radius 1 is 0.717 bits per heavy atom. The van der Waals surface area contributed by atoms with Crippen LogP contribution < -0.4 is 16.0 Å². The van der Waals surface area contributed by atoms with Crippen LogP contribution in [-0.4, -0.2) is 64.5 Å². The lowest BCUT2D eigenvalue weighted by Gasteiger charge is -2.44. The summed E-state index contributed by atoms with van der Waals surface area (Å²) in [6, 6.07) is 14.1. The van der Waals surface area contributed by atoms with Gasteiger partial charge < -0.3 is 27.9 Å². The third-order valence-electron chi connectivity index (χ3n) is 12.6. The number of benzene rings is 2. The van der Waals surface area contributed by atoms with Crippen LogP contribution in [0, 0.1) is 0 Å². The molecule has 53 heavy (non-hydrogen) atoms. The van der Waals surface area contributed by atoms with Crippen LogP contribution >= 0.6 is 0 Å². The van der Waals surface area contributed by atoms with E-state index in [9.17, 15) is 14.7 Å². The minimum Gasteiger partial charge on any atom is -0.457 e. The molecule has 13 heteroatoms. The molecule has 0 amide bonds. The SMILES string of the molecule is CC(C)(C)[Si](C)(C)OC[C@H]1O[C@@H](n2cc(C3(O)c4ccccc4Oc4ccccc43)c(=O)[nH]c2=O)[C@H](O[Si](C)(C)C(C)(C)C)[C@@H]1O[Si](C)(C)C(C)(C)C. The van der Waals surface area contributed by atoms with Gasteiger partial charge in [0.1, 0.15) is 29.8 Å². The first-order valence-electron chi connectivity index (χ1n) is 18.7. The van der Waals surface area contributed by atoms with Gasteiger partial charge in [0.05, 0.1) is 12.2 Å². The lowest BCUT2D eigenvalue weighted by atomic mass is 9.79. The van der Waals surface area contributed by atoms with E-state index in [-0.39, 0.29) is 27.3 Å². The second-order valence-corrected chi connectivity index (χ2v) is 33.7. The summed E-state index contributed by atoms with van der Waals surface area (Å²) in [7, 11) is -7.24. The Morgan fingerprint density at radius 3 is 1.64 bits per heavy atom. The molecule has 5 rings (SSSR count). The fourth-order valence-electron chi connectivity index (χ4n) is 6.07. The van der Waals surface area contributed by atoms with E-state index in [1.165, 1.54) is 10.8 Å². The van der Waals surface area contributed by atoms with E-state index < -0.39 is 66.3 Å². The first-order chi connectivity index (χ1) is 24.1. The fraction of sp³-hybridized carbons (Fsp3) is 0.600. The topological polar surface area (TPSA) is 121 Å². The summed E-state index contributed by atoms with van der Waals surface area (Å²) in [5.74, 6) is 0.820. The normalized spacial score (nSPS) is 22.3. The van der Waals surface area contributed by atoms with Gasteiger partial charge in [-0.15, -0.1) is 0 Å². The van der Waals surface area contributed by atoms with Crippen molar-refractivity contribution >= 4 is 25.0 Å². The highest BCUT2D eigenvalue weighted by Gasteiger charge is 2.55. The maximum atomic E-state index is 14.1. The van der Waals surface area contributed by atoms with Gasteiger partial charge in [0, 0.05) is 17.3 Å². The highest BCUT2D eigenvalue weighted by Crippen LogP contribution is 2.50. The Morgan fingerprint density at radius 2 is 1.17 bits per heavy atom. The van der Waals surface area contributed by atoms with Crippen molar-refractivity contribution in [3.05, 3.63) is 92.3 Å². The maximum absolute atomic E-state index is 14.1. The average Bonchev–Trinajstić information content (AvgIpc) is 3.33. The smallest absolute Gasteiger partial charge is 0.330 e. The number of ether oxygens (including phenoxy) is 2. The molecule has 2 aliphatic heterocycles. The standard InChI is InChI=1S/C40H62N2O8Si3/c1-37(2,3)51(10,11)46-25-31-32(49-52(12,13)38(4,5)6)33(50-53(14,15)39(7,8)9)35(48-31)42-24-28(34(43)41-36(42)44)40(45)26-20-16-18-22-29(26)47-30-23-19-17-21-27(30)40/h16-24,31-33,35,45H,25H2,1-15H3,(H,41,43,44)/t31-,32-,33-,35-/m1/s1. The van der Waals surface area contributed by atoms with Gasteiger partial charge in [0.25, 0.3) is 5.56 Å². The number of aromatic amines is 1. The highest BCUT2D eigenvalue weighted by molar-refractivity contribution is 6.75. The fourth-order valence-corrected chi connectivity index (χ4v) is 9.69. The molecule has 0 bridgehead atoms. The number of para-hydroxylation sites is 2. The molecular weight excluding hydrogens is 721 g/mol. The summed E-state index contributed by atoms with van der Waals surface area (Å²) in [6.45, 7) is 33.1. The summed E-state index contributed by atoms with van der Waals surface area (Å²) in [4.78, 5) is 30.6. The van der Waals surface area contributed by atoms with Crippen LogP contribution in [0.5, 0.6) is 11.5 Å². The molecule has 0 spiro atoms. The molecule has 1 saturated heterocycles. The van der Waals surface area contributed by atoms with Crippen LogP contribution in [-0.2, 0) is 23.6 Å². The van der Waals surface area contributed by atoms with Gasteiger partial charge in [-0.1, -0.05) is 98.7 Å². The van der Waals surface area contributed by atoms with Crippen molar-refractivity contribution in [1.29, 1.82) is 0 Å². The minimum absolute atomic E-state index is 0.0437. The summed E-state index contributed by atoms with van der Waals surface area (Å²) in [5, 5.41) is 12.5. The number of aliphatic hydroxyl groups is 1. The first kappa shape index (κ1) is 41.5. The predicted molar refractivity (Wildman–Crippen MR) is 218 cm³/mol. The largest absolute Gasteiger partial charge is 0.457 e. The third-order valence-corrected chi connectivity index (χ3v) is 26.0. The van der Waals surface area contributed by atoms with Gasteiger partial charge in [0.15, 0.2) is 36.8 Å². The molecule has 292 valence electrons. The van der Waals surface area contributed by atoms with Gasteiger partial charge in [-0.05, 0) is 66.5 Å². The third kappa shape index (κ3) is 7.65. The summed E-state index contributed by atoms with van der Waals surface area (Å²) < 4.78 is 35.8. The van der Waals surface area contributed by atoms with Crippen LogP contribution in [0.1, 0.15) is 85.2 Å². The molecule has 1 fully saturated rings. The van der Waals surface area contributed by atoms with Crippen LogP contribution in [0.25, 0.3) is 0 Å². The first-order valence-corrected chi connectivity index (χ1v) is 27.5. The van der Waals surface area contributed by atoms with Crippen molar-refractivity contribution in [2.75, 3.05) is 6.61 Å². The molecule has 2 aliphatic rings. The number of nitrogens with one attached hydrogen (secondary N) is 1. The van der Waals surface area contributed by atoms with E-state index in [1.807, 2.05) is 12.1 Å². The number of rotatable bonds is 9. The Balaban J connectivity index is 1.73. The monoisotopic (exact) mass is 782 g/mol. The number of nitrogens with zero attached hydrogens (tertiary/aromatic N) is 1. The highest BCUT2D eigenvalue weighted by atomic mass is 28.4. The van der Waals surface area contributed by atoms with E-state index in [0.29, 0.717) is 22.6 Å². The van der Waals surface area contributed by atoms with Crippen molar-refractivity contribution in [3.8, 4) is 11.5 Å². The summed E-state index contributed by atoms with van der Waals surface area (Å²) in [6.07, 6.45) is -1.49. The van der Waals surface area contributed by atoms with E-state index in [4.69, 9.17) is 22.8 Å². The molecule has 0 unspecified atom stereocenters. The second-order valence-electron chi connectivity index (χ2n) is 19.3. The maximum Gasteiger partial charge on any atom is 0.330 e.